The molecular weight excluding hydrogens is 222 g/mol. The summed E-state index contributed by atoms with van der Waals surface area (Å²) in [6, 6.07) is 10.1. The summed E-state index contributed by atoms with van der Waals surface area (Å²) in [4.78, 5) is 0. The Bertz CT molecular complexity index is 539. The lowest BCUT2D eigenvalue weighted by Crippen LogP contribution is -2.16. The molecule has 0 spiro atoms. The topological polar surface area (TPSA) is 21.3 Å². The van der Waals surface area contributed by atoms with E-state index in [9.17, 15) is 0 Å². The first kappa shape index (κ1) is 9.94. The van der Waals surface area contributed by atoms with Gasteiger partial charge in [0.1, 0.15) is 12.4 Å². The first-order valence-electron chi connectivity index (χ1n) is 5.39. The second-order valence-corrected chi connectivity index (χ2v) is 4.35. The van der Waals surface area contributed by atoms with E-state index < -0.39 is 0 Å². The minimum Gasteiger partial charge on any atom is -0.492 e. The van der Waals surface area contributed by atoms with E-state index in [1.165, 1.54) is 5.56 Å². The average molecular weight is 234 g/mol. The van der Waals surface area contributed by atoms with Gasteiger partial charge < -0.3 is 10.1 Å². The van der Waals surface area contributed by atoms with Crippen LogP contribution in [0.1, 0.15) is 5.56 Å². The number of hydrogen-bond donors (Lipinski definition) is 1. The average Bonchev–Trinajstić information content (AvgIpc) is 2.52. The Kier molecular flexibility index (Phi) is 2.46. The van der Waals surface area contributed by atoms with Crippen molar-refractivity contribution < 1.29 is 4.74 Å². The molecule has 0 fully saturated rings. The third-order valence-electron chi connectivity index (χ3n) is 2.86. The van der Waals surface area contributed by atoms with Gasteiger partial charge in [0.25, 0.3) is 0 Å². The Morgan fingerprint density at radius 2 is 2.19 bits per heavy atom. The molecule has 0 saturated carbocycles. The number of fused-ring (bicyclic) bond motifs is 2. The van der Waals surface area contributed by atoms with Crippen LogP contribution in [0.5, 0.6) is 5.75 Å². The van der Waals surface area contributed by atoms with Gasteiger partial charge in [-0.05, 0) is 23.6 Å². The van der Waals surface area contributed by atoms with Crippen molar-refractivity contribution in [3.63, 3.8) is 0 Å². The summed E-state index contributed by atoms with van der Waals surface area (Å²) in [6.45, 7) is 2.45. The minimum absolute atomic E-state index is 0.721. The highest BCUT2D eigenvalue weighted by Gasteiger charge is 2.10. The highest BCUT2D eigenvalue weighted by Crippen LogP contribution is 2.31. The number of hydrogen-bond acceptors (Lipinski definition) is 2. The van der Waals surface area contributed by atoms with Crippen molar-refractivity contribution in [2.75, 3.05) is 13.2 Å². The van der Waals surface area contributed by atoms with Crippen molar-refractivity contribution >= 4 is 22.4 Å². The van der Waals surface area contributed by atoms with E-state index in [0.717, 1.165) is 41.2 Å². The molecular formula is C13H12ClNO. The number of nitrogens with one attached hydrogen (secondary N) is 1. The normalized spacial score (nSPS) is 15.3. The summed E-state index contributed by atoms with van der Waals surface area (Å²) >= 11 is 6.18. The molecule has 0 atom stereocenters. The lowest BCUT2D eigenvalue weighted by Gasteiger charge is -2.09. The summed E-state index contributed by atoms with van der Waals surface area (Å²) in [5, 5.41) is 6.34. The van der Waals surface area contributed by atoms with E-state index in [1.807, 2.05) is 12.1 Å². The first-order chi connectivity index (χ1) is 7.84. The fourth-order valence-electron chi connectivity index (χ4n) is 2.04. The van der Waals surface area contributed by atoms with E-state index in [-0.39, 0.29) is 0 Å². The maximum absolute atomic E-state index is 6.18. The summed E-state index contributed by atoms with van der Waals surface area (Å²) in [5.41, 5.74) is 1.18. The summed E-state index contributed by atoms with van der Waals surface area (Å²) in [7, 11) is 0. The standard InChI is InChI=1S/C13H12ClNO/c14-12-3-1-2-9-7-13-10(6-11(9)12)8-15-4-5-16-13/h1-3,6-7,15H,4-5,8H2. The third kappa shape index (κ3) is 1.64. The molecule has 1 N–H and O–H groups in total. The van der Waals surface area contributed by atoms with Crippen LogP contribution >= 0.6 is 11.6 Å². The van der Waals surface area contributed by atoms with Crippen LogP contribution in [-0.4, -0.2) is 13.2 Å². The molecule has 0 radical (unpaired) electrons. The number of benzene rings is 2. The first-order valence-corrected chi connectivity index (χ1v) is 5.77. The quantitative estimate of drug-likeness (QED) is 0.756. The zero-order valence-corrected chi connectivity index (χ0v) is 9.55. The third-order valence-corrected chi connectivity index (χ3v) is 3.19. The van der Waals surface area contributed by atoms with Gasteiger partial charge in [-0.1, -0.05) is 23.7 Å². The van der Waals surface area contributed by atoms with Crippen molar-refractivity contribution in [2.24, 2.45) is 0 Å². The summed E-state index contributed by atoms with van der Waals surface area (Å²) < 4.78 is 5.69. The fraction of sp³-hybridized carbons (Fsp3) is 0.231. The zero-order chi connectivity index (χ0) is 11.0. The highest BCUT2D eigenvalue weighted by molar-refractivity contribution is 6.35. The molecule has 0 saturated heterocycles. The van der Waals surface area contributed by atoms with E-state index in [2.05, 4.69) is 23.5 Å². The van der Waals surface area contributed by atoms with Gasteiger partial charge in [-0.3, -0.25) is 0 Å². The van der Waals surface area contributed by atoms with E-state index in [1.54, 1.807) is 0 Å². The highest BCUT2D eigenvalue weighted by atomic mass is 35.5. The van der Waals surface area contributed by atoms with Crippen molar-refractivity contribution in [3.8, 4) is 5.75 Å². The number of ether oxygens (including phenoxy) is 1. The number of halogens is 1. The Hall–Kier alpha value is -1.25. The molecule has 2 nitrogen and oxygen atoms in total. The monoisotopic (exact) mass is 233 g/mol. The van der Waals surface area contributed by atoms with Crippen LogP contribution in [0.4, 0.5) is 0 Å². The predicted molar refractivity (Wildman–Crippen MR) is 66.2 cm³/mol. The summed E-state index contributed by atoms with van der Waals surface area (Å²) in [6.07, 6.45) is 0. The van der Waals surface area contributed by atoms with Gasteiger partial charge in [-0.15, -0.1) is 0 Å². The molecule has 0 bridgehead atoms. The van der Waals surface area contributed by atoms with E-state index in [0.29, 0.717) is 0 Å². The van der Waals surface area contributed by atoms with Gasteiger partial charge in [0.05, 0.1) is 0 Å². The molecule has 0 amide bonds. The number of rotatable bonds is 0. The Morgan fingerprint density at radius 1 is 1.25 bits per heavy atom. The molecule has 3 rings (SSSR count). The van der Waals surface area contributed by atoms with Crippen LogP contribution in [0.2, 0.25) is 5.02 Å². The van der Waals surface area contributed by atoms with Crippen LogP contribution in [0.15, 0.2) is 30.3 Å². The van der Waals surface area contributed by atoms with E-state index >= 15 is 0 Å². The van der Waals surface area contributed by atoms with Crippen molar-refractivity contribution in [3.05, 3.63) is 40.9 Å². The molecule has 1 heterocycles. The van der Waals surface area contributed by atoms with Crippen molar-refractivity contribution in [1.82, 2.24) is 5.32 Å². The second-order valence-electron chi connectivity index (χ2n) is 3.95. The minimum atomic E-state index is 0.721. The predicted octanol–water partition coefficient (Wildman–Crippen LogP) is 2.98. The smallest absolute Gasteiger partial charge is 0.124 e. The van der Waals surface area contributed by atoms with Gasteiger partial charge in [-0.2, -0.15) is 0 Å². The zero-order valence-electron chi connectivity index (χ0n) is 8.79. The second kappa shape index (κ2) is 3.96. The van der Waals surface area contributed by atoms with Gasteiger partial charge in [0, 0.05) is 29.1 Å². The van der Waals surface area contributed by atoms with Crippen LogP contribution in [-0.2, 0) is 6.54 Å². The molecule has 2 aromatic rings. The molecule has 0 aromatic heterocycles. The maximum atomic E-state index is 6.18. The van der Waals surface area contributed by atoms with Gasteiger partial charge in [-0.25, -0.2) is 0 Å². The molecule has 1 aliphatic rings. The molecule has 3 heteroatoms. The van der Waals surface area contributed by atoms with Crippen LogP contribution < -0.4 is 10.1 Å². The molecule has 1 aliphatic heterocycles. The van der Waals surface area contributed by atoms with Crippen LogP contribution in [0.25, 0.3) is 10.8 Å². The summed E-state index contributed by atoms with van der Waals surface area (Å²) in [5.74, 6) is 0.972. The largest absolute Gasteiger partial charge is 0.492 e. The van der Waals surface area contributed by atoms with Gasteiger partial charge in [0.15, 0.2) is 0 Å². The van der Waals surface area contributed by atoms with Crippen molar-refractivity contribution in [1.29, 1.82) is 0 Å². The van der Waals surface area contributed by atoms with Crippen molar-refractivity contribution in [2.45, 2.75) is 6.54 Å². The Labute approximate surface area is 99.2 Å². The Morgan fingerprint density at radius 3 is 3.12 bits per heavy atom. The lowest BCUT2D eigenvalue weighted by atomic mass is 10.1. The lowest BCUT2D eigenvalue weighted by molar-refractivity contribution is 0.326. The van der Waals surface area contributed by atoms with Gasteiger partial charge >= 0.3 is 0 Å². The maximum Gasteiger partial charge on any atom is 0.124 e. The molecule has 0 aliphatic carbocycles. The van der Waals surface area contributed by atoms with Crippen LogP contribution in [0, 0.1) is 0 Å². The Balaban J connectivity index is 2.24. The molecule has 0 unspecified atom stereocenters. The van der Waals surface area contributed by atoms with Gasteiger partial charge in [0.2, 0.25) is 0 Å². The van der Waals surface area contributed by atoms with Crippen LogP contribution in [0.3, 0.4) is 0 Å². The fourth-order valence-corrected chi connectivity index (χ4v) is 2.28. The molecule has 16 heavy (non-hydrogen) atoms. The molecule has 82 valence electrons. The SMILES string of the molecule is Clc1cccc2cc3c(cc12)CNCCO3. The molecule has 2 aromatic carbocycles. The van der Waals surface area contributed by atoms with E-state index in [4.69, 9.17) is 16.3 Å².